The standard InChI is InChI=1S/C9H16N2/c1-8(2)4-3-5-9-6-10-7-11-9/h6-8H,3-5H2,1-2H3,(H,10,11). The van der Waals surface area contributed by atoms with Gasteiger partial charge in [-0.05, 0) is 18.8 Å². The molecule has 0 fully saturated rings. The Labute approximate surface area is 68.0 Å². The molecule has 1 aromatic rings. The predicted molar refractivity (Wildman–Crippen MR) is 46.4 cm³/mol. The van der Waals surface area contributed by atoms with Crippen molar-refractivity contribution in [2.45, 2.75) is 33.1 Å². The van der Waals surface area contributed by atoms with E-state index in [0.717, 1.165) is 12.3 Å². The zero-order valence-corrected chi connectivity index (χ0v) is 7.30. The highest BCUT2D eigenvalue weighted by Gasteiger charge is 1.96. The van der Waals surface area contributed by atoms with E-state index < -0.39 is 0 Å². The monoisotopic (exact) mass is 152 g/mol. The number of aromatic nitrogens is 2. The molecule has 0 radical (unpaired) electrons. The molecular formula is C9H16N2. The fraction of sp³-hybridized carbons (Fsp3) is 0.667. The van der Waals surface area contributed by atoms with E-state index in [1.54, 1.807) is 6.33 Å². The van der Waals surface area contributed by atoms with Crippen molar-refractivity contribution < 1.29 is 0 Å². The lowest BCUT2D eigenvalue weighted by atomic mass is 10.1. The van der Waals surface area contributed by atoms with Crippen molar-refractivity contribution in [1.82, 2.24) is 9.97 Å². The van der Waals surface area contributed by atoms with Gasteiger partial charge in [0.05, 0.1) is 6.33 Å². The Balaban J connectivity index is 2.14. The Kier molecular flexibility index (Phi) is 3.14. The van der Waals surface area contributed by atoms with E-state index >= 15 is 0 Å². The molecular weight excluding hydrogens is 136 g/mol. The van der Waals surface area contributed by atoms with Gasteiger partial charge in [-0.25, -0.2) is 4.98 Å². The third-order valence-electron chi connectivity index (χ3n) is 1.78. The van der Waals surface area contributed by atoms with Gasteiger partial charge in [-0.2, -0.15) is 0 Å². The van der Waals surface area contributed by atoms with Crippen LogP contribution >= 0.6 is 0 Å². The fourth-order valence-corrected chi connectivity index (χ4v) is 1.12. The van der Waals surface area contributed by atoms with Gasteiger partial charge in [0, 0.05) is 11.9 Å². The second-order valence-corrected chi connectivity index (χ2v) is 3.36. The maximum Gasteiger partial charge on any atom is 0.0921 e. The summed E-state index contributed by atoms with van der Waals surface area (Å²) < 4.78 is 0. The molecule has 0 amide bonds. The van der Waals surface area contributed by atoms with Crippen molar-refractivity contribution in [1.29, 1.82) is 0 Å². The van der Waals surface area contributed by atoms with Crippen molar-refractivity contribution in [2.75, 3.05) is 0 Å². The first-order valence-electron chi connectivity index (χ1n) is 4.26. The quantitative estimate of drug-likeness (QED) is 0.705. The van der Waals surface area contributed by atoms with E-state index in [-0.39, 0.29) is 0 Å². The summed E-state index contributed by atoms with van der Waals surface area (Å²) in [6.07, 6.45) is 7.35. The van der Waals surface area contributed by atoms with Gasteiger partial charge in [0.2, 0.25) is 0 Å². The number of nitrogens with one attached hydrogen (secondary N) is 1. The molecule has 0 saturated carbocycles. The summed E-state index contributed by atoms with van der Waals surface area (Å²) in [5, 5.41) is 0. The lowest BCUT2D eigenvalue weighted by Gasteiger charge is -2.01. The number of aromatic amines is 1. The van der Waals surface area contributed by atoms with Gasteiger partial charge in [-0.1, -0.05) is 20.3 Å². The van der Waals surface area contributed by atoms with E-state index in [1.807, 2.05) is 6.20 Å². The van der Waals surface area contributed by atoms with E-state index in [0.29, 0.717) is 0 Å². The van der Waals surface area contributed by atoms with Crippen molar-refractivity contribution in [3.8, 4) is 0 Å². The van der Waals surface area contributed by atoms with E-state index in [2.05, 4.69) is 23.8 Å². The molecule has 1 rings (SSSR count). The van der Waals surface area contributed by atoms with E-state index in [9.17, 15) is 0 Å². The van der Waals surface area contributed by atoms with E-state index in [4.69, 9.17) is 0 Å². The van der Waals surface area contributed by atoms with Crippen LogP contribution in [0.3, 0.4) is 0 Å². The lowest BCUT2D eigenvalue weighted by molar-refractivity contribution is 0.553. The number of nitrogens with zero attached hydrogens (tertiary/aromatic N) is 1. The number of rotatable bonds is 4. The highest BCUT2D eigenvalue weighted by molar-refractivity contribution is 4.93. The molecule has 1 aromatic heterocycles. The zero-order chi connectivity index (χ0) is 8.10. The molecule has 0 aliphatic heterocycles. The van der Waals surface area contributed by atoms with Gasteiger partial charge < -0.3 is 4.98 Å². The first-order chi connectivity index (χ1) is 5.29. The SMILES string of the molecule is CC(C)CCCc1cnc[nH]1. The van der Waals surface area contributed by atoms with Gasteiger partial charge in [0.15, 0.2) is 0 Å². The number of imidazole rings is 1. The first kappa shape index (κ1) is 8.31. The number of hydrogen-bond acceptors (Lipinski definition) is 1. The van der Waals surface area contributed by atoms with Gasteiger partial charge >= 0.3 is 0 Å². The fourth-order valence-electron chi connectivity index (χ4n) is 1.12. The van der Waals surface area contributed by atoms with Crippen LogP contribution < -0.4 is 0 Å². The van der Waals surface area contributed by atoms with Crippen LogP contribution in [0.1, 0.15) is 32.4 Å². The third-order valence-corrected chi connectivity index (χ3v) is 1.78. The minimum atomic E-state index is 0.818. The smallest absolute Gasteiger partial charge is 0.0921 e. The Morgan fingerprint density at radius 1 is 1.55 bits per heavy atom. The first-order valence-corrected chi connectivity index (χ1v) is 4.26. The summed E-state index contributed by atoms with van der Waals surface area (Å²) in [6, 6.07) is 0. The molecule has 0 bridgehead atoms. The average Bonchev–Trinajstić information content (AvgIpc) is 2.39. The molecule has 0 aliphatic rings. The number of hydrogen-bond donors (Lipinski definition) is 1. The Morgan fingerprint density at radius 3 is 2.91 bits per heavy atom. The molecule has 1 heterocycles. The summed E-state index contributed by atoms with van der Waals surface area (Å²) >= 11 is 0. The summed E-state index contributed by atoms with van der Waals surface area (Å²) in [5.41, 5.74) is 1.26. The van der Waals surface area contributed by atoms with Crippen LogP contribution in [0.2, 0.25) is 0 Å². The van der Waals surface area contributed by atoms with Gasteiger partial charge in [0.1, 0.15) is 0 Å². The molecule has 2 heteroatoms. The van der Waals surface area contributed by atoms with Gasteiger partial charge in [0.25, 0.3) is 0 Å². The highest BCUT2D eigenvalue weighted by Crippen LogP contribution is 2.06. The lowest BCUT2D eigenvalue weighted by Crippen LogP contribution is -1.90. The molecule has 62 valence electrons. The van der Waals surface area contributed by atoms with Crippen molar-refractivity contribution in [3.05, 3.63) is 18.2 Å². The molecule has 0 aliphatic carbocycles. The molecule has 2 nitrogen and oxygen atoms in total. The molecule has 0 spiro atoms. The number of H-pyrrole nitrogens is 1. The zero-order valence-electron chi connectivity index (χ0n) is 7.30. The molecule has 0 saturated heterocycles. The van der Waals surface area contributed by atoms with Crippen LogP contribution in [-0.2, 0) is 6.42 Å². The Morgan fingerprint density at radius 2 is 2.36 bits per heavy atom. The average molecular weight is 152 g/mol. The maximum absolute atomic E-state index is 3.96. The molecule has 1 N–H and O–H groups in total. The van der Waals surface area contributed by atoms with Gasteiger partial charge in [-0.3, -0.25) is 0 Å². The number of aryl methyl sites for hydroxylation is 1. The Hall–Kier alpha value is -0.790. The van der Waals surface area contributed by atoms with Crippen LogP contribution in [0.25, 0.3) is 0 Å². The topological polar surface area (TPSA) is 28.7 Å². The summed E-state index contributed by atoms with van der Waals surface area (Å²) in [7, 11) is 0. The van der Waals surface area contributed by atoms with Crippen LogP contribution in [-0.4, -0.2) is 9.97 Å². The van der Waals surface area contributed by atoms with Crippen LogP contribution in [0.5, 0.6) is 0 Å². The molecule has 0 atom stereocenters. The van der Waals surface area contributed by atoms with Crippen LogP contribution in [0.15, 0.2) is 12.5 Å². The van der Waals surface area contributed by atoms with E-state index in [1.165, 1.54) is 18.5 Å². The van der Waals surface area contributed by atoms with Crippen molar-refractivity contribution >= 4 is 0 Å². The minimum Gasteiger partial charge on any atom is -0.348 e. The summed E-state index contributed by atoms with van der Waals surface area (Å²) in [6.45, 7) is 4.51. The normalized spacial score (nSPS) is 10.8. The molecule has 0 aromatic carbocycles. The van der Waals surface area contributed by atoms with Gasteiger partial charge in [-0.15, -0.1) is 0 Å². The van der Waals surface area contributed by atoms with Crippen molar-refractivity contribution in [3.63, 3.8) is 0 Å². The van der Waals surface area contributed by atoms with Crippen LogP contribution in [0, 0.1) is 5.92 Å². The molecule has 11 heavy (non-hydrogen) atoms. The van der Waals surface area contributed by atoms with Crippen molar-refractivity contribution in [2.24, 2.45) is 5.92 Å². The second kappa shape index (κ2) is 4.16. The second-order valence-electron chi connectivity index (χ2n) is 3.36. The third kappa shape index (κ3) is 3.21. The minimum absolute atomic E-state index is 0.818. The Bertz CT molecular complexity index is 177. The maximum atomic E-state index is 3.96. The highest BCUT2D eigenvalue weighted by atomic mass is 14.9. The largest absolute Gasteiger partial charge is 0.348 e. The summed E-state index contributed by atoms with van der Waals surface area (Å²) in [5.74, 6) is 0.818. The van der Waals surface area contributed by atoms with Crippen LogP contribution in [0.4, 0.5) is 0 Å². The predicted octanol–water partition coefficient (Wildman–Crippen LogP) is 2.39. The molecule has 0 unspecified atom stereocenters. The summed E-state index contributed by atoms with van der Waals surface area (Å²) in [4.78, 5) is 7.06.